The van der Waals surface area contributed by atoms with Crippen LogP contribution < -0.4 is 5.73 Å². The fourth-order valence-electron chi connectivity index (χ4n) is 3.43. The molecule has 31 heavy (non-hydrogen) atoms. The Morgan fingerprint density at radius 3 is 2.45 bits per heavy atom. The predicted molar refractivity (Wildman–Crippen MR) is 108 cm³/mol. The third-order valence-corrected chi connectivity index (χ3v) is 6.28. The van der Waals surface area contributed by atoms with Gasteiger partial charge in [-0.15, -0.1) is 11.3 Å². The number of primary amides is 1. The van der Waals surface area contributed by atoms with Crippen LogP contribution in [0.3, 0.4) is 0 Å². The van der Waals surface area contributed by atoms with E-state index in [-0.39, 0.29) is 10.9 Å². The molecule has 9 heteroatoms. The fourth-order valence-corrected chi connectivity index (χ4v) is 4.45. The number of carbonyl (C=O) groups is 2. The van der Waals surface area contributed by atoms with Gasteiger partial charge in [-0.05, 0) is 67.1 Å². The highest BCUT2D eigenvalue weighted by Gasteiger charge is 2.33. The summed E-state index contributed by atoms with van der Waals surface area (Å²) in [5.41, 5.74) is 6.33. The van der Waals surface area contributed by atoms with Gasteiger partial charge in [-0.3, -0.25) is 9.59 Å². The second-order valence-electron chi connectivity index (χ2n) is 7.43. The van der Waals surface area contributed by atoms with Gasteiger partial charge in [-0.25, -0.2) is 9.37 Å². The number of nitrogens with zero attached hydrogens (tertiary/aromatic N) is 1. The largest absolute Gasteiger partial charge is 0.416 e. The summed E-state index contributed by atoms with van der Waals surface area (Å²) in [5, 5.41) is -0.0434. The van der Waals surface area contributed by atoms with E-state index in [9.17, 15) is 27.2 Å². The number of rotatable bonds is 5. The van der Waals surface area contributed by atoms with Gasteiger partial charge in [0.2, 0.25) is 11.7 Å². The molecule has 0 aliphatic heterocycles. The zero-order chi connectivity index (χ0) is 22.5. The topological polar surface area (TPSA) is 73.1 Å². The van der Waals surface area contributed by atoms with Crippen molar-refractivity contribution >= 4 is 23.0 Å². The number of benzene rings is 2. The van der Waals surface area contributed by atoms with Crippen LogP contribution >= 0.6 is 11.3 Å². The first-order chi connectivity index (χ1) is 14.5. The van der Waals surface area contributed by atoms with Crippen LogP contribution in [0.2, 0.25) is 0 Å². The van der Waals surface area contributed by atoms with E-state index in [1.165, 1.54) is 0 Å². The van der Waals surface area contributed by atoms with E-state index in [2.05, 4.69) is 4.98 Å². The molecule has 0 bridgehead atoms. The number of halogens is 4. The van der Waals surface area contributed by atoms with E-state index >= 15 is 0 Å². The number of amides is 1. The molecule has 4 rings (SSSR count). The van der Waals surface area contributed by atoms with Crippen LogP contribution in [0.4, 0.5) is 17.6 Å². The molecular formula is C22H16F4N2O2S. The van der Waals surface area contributed by atoms with E-state index in [1.54, 1.807) is 19.1 Å². The number of alkyl halides is 3. The quantitative estimate of drug-likeness (QED) is 0.415. The lowest BCUT2D eigenvalue weighted by Crippen LogP contribution is -2.13. The van der Waals surface area contributed by atoms with Crippen LogP contribution in [0.1, 0.15) is 61.3 Å². The molecular weight excluding hydrogens is 432 g/mol. The van der Waals surface area contributed by atoms with Crippen molar-refractivity contribution in [2.24, 2.45) is 5.73 Å². The summed E-state index contributed by atoms with van der Waals surface area (Å²) in [6.07, 6.45) is -2.87. The van der Waals surface area contributed by atoms with Crippen molar-refractivity contribution in [3.05, 3.63) is 75.2 Å². The third kappa shape index (κ3) is 4.23. The molecule has 1 aromatic heterocycles. The molecule has 1 heterocycles. The van der Waals surface area contributed by atoms with Crippen molar-refractivity contribution in [2.75, 3.05) is 0 Å². The molecule has 3 aromatic rings. The van der Waals surface area contributed by atoms with Crippen LogP contribution in [0.15, 0.2) is 36.4 Å². The minimum absolute atomic E-state index is 0.0434. The molecule has 2 N–H and O–H groups in total. The van der Waals surface area contributed by atoms with E-state index in [0.717, 1.165) is 41.4 Å². The lowest BCUT2D eigenvalue weighted by atomic mass is 9.98. The number of nitrogens with two attached hydrogens (primary N) is 1. The Hall–Kier alpha value is -3.07. The maximum absolute atomic E-state index is 13.7. The molecule has 1 aliphatic rings. The van der Waals surface area contributed by atoms with Gasteiger partial charge in [0.05, 0.1) is 16.1 Å². The lowest BCUT2D eigenvalue weighted by molar-refractivity contribution is -0.137. The van der Waals surface area contributed by atoms with Crippen molar-refractivity contribution in [1.82, 2.24) is 4.98 Å². The van der Waals surface area contributed by atoms with Crippen LogP contribution in [0.25, 0.3) is 10.4 Å². The number of hydrogen-bond acceptors (Lipinski definition) is 4. The van der Waals surface area contributed by atoms with Gasteiger partial charge >= 0.3 is 6.18 Å². The highest BCUT2D eigenvalue weighted by Crippen LogP contribution is 2.44. The van der Waals surface area contributed by atoms with Gasteiger partial charge in [0.15, 0.2) is 5.01 Å². The number of ketones is 1. The maximum atomic E-state index is 13.7. The zero-order valence-electron chi connectivity index (χ0n) is 16.2. The van der Waals surface area contributed by atoms with Gasteiger partial charge in [0, 0.05) is 11.1 Å². The number of hydrogen-bond donors (Lipinski definition) is 1. The monoisotopic (exact) mass is 448 g/mol. The first-order valence-electron chi connectivity index (χ1n) is 9.38. The molecule has 1 saturated carbocycles. The second kappa shape index (κ2) is 7.56. The predicted octanol–water partition coefficient (Wildman–Crippen LogP) is 5.48. The number of carbonyl (C=O) groups excluding carboxylic acids is 2. The second-order valence-corrected chi connectivity index (χ2v) is 8.43. The summed E-state index contributed by atoms with van der Waals surface area (Å²) in [5.74, 6) is -2.20. The summed E-state index contributed by atoms with van der Waals surface area (Å²) in [6, 6.07) is 6.90. The van der Waals surface area contributed by atoms with Gasteiger partial charge in [-0.2, -0.15) is 13.2 Å². The van der Waals surface area contributed by atoms with Gasteiger partial charge in [0.1, 0.15) is 5.82 Å². The molecule has 4 nitrogen and oxygen atoms in total. The molecule has 1 aliphatic carbocycles. The Bertz CT molecular complexity index is 1210. The smallest absolute Gasteiger partial charge is 0.366 e. The average molecular weight is 448 g/mol. The van der Waals surface area contributed by atoms with Crippen LogP contribution in [0.5, 0.6) is 0 Å². The lowest BCUT2D eigenvalue weighted by Gasteiger charge is -2.08. The number of thiazole rings is 1. The molecule has 2 aromatic carbocycles. The zero-order valence-corrected chi connectivity index (χ0v) is 17.0. The molecule has 0 atom stereocenters. The van der Waals surface area contributed by atoms with Crippen molar-refractivity contribution < 1.29 is 27.2 Å². The number of aromatic nitrogens is 1. The van der Waals surface area contributed by atoms with E-state index in [4.69, 9.17) is 5.73 Å². The molecule has 0 unspecified atom stereocenters. The summed E-state index contributed by atoms with van der Waals surface area (Å²) in [7, 11) is 0. The van der Waals surface area contributed by atoms with Gasteiger partial charge in [0.25, 0.3) is 0 Å². The Labute approximate surface area is 178 Å². The standard InChI is InChI=1S/C22H16F4N2O2S/c1-10-19(12-4-5-16(20(27)30)17(8-12)11-2-3-11)31-21(28-10)18(29)13-6-14(22(24,25)26)9-15(23)7-13/h4-9,11H,2-3H2,1H3,(H2,27,30). The Morgan fingerprint density at radius 1 is 1.13 bits per heavy atom. The summed E-state index contributed by atoms with van der Waals surface area (Å²) >= 11 is 1.01. The summed E-state index contributed by atoms with van der Waals surface area (Å²) < 4.78 is 52.6. The average Bonchev–Trinajstić information content (AvgIpc) is 3.47. The summed E-state index contributed by atoms with van der Waals surface area (Å²) in [6.45, 7) is 1.67. The molecule has 1 fully saturated rings. The van der Waals surface area contributed by atoms with Crippen molar-refractivity contribution in [1.29, 1.82) is 0 Å². The Balaban J connectivity index is 1.72. The molecule has 0 saturated heterocycles. The minimum Gasteiger partial charge on any atom is -0.366 e. The normalized spacial score (nSPS) is 14.0. The minimum atomic E-state index is -4.78. The van der Waals surface area contributed by atoms with Crippen LogP contribution in [0, 0.1) is 12.7 Å². The first-order valence-corrected chi connectivity index (χ1v) is 10.2. The fraction of sp³-hybridized carbons (Fsp3) is 0.227. The van der Waals surface area contributed by atoms with E-state index in [0.29, 0.717) is 28.3 Å². The first kappa shape index (κ1) is 21.2. The molecule has 0 spiro atoms. The molecule has 1 amide bonds. The van der Waals surface area contributed by atoms with Crippen molar-refractivity contribution in [3.63, 3.8) is 0 Å². The van der Waals surface area contributed by atoms with Gasteiger partial charge < -0.3 is 5.73 Å². The highest BCUT2D eigenvalue weighted by atomic mass is 32.1. The van der Waals surface area contributed by atoms with E-state index in [1.807, 2.05) is 6.07 Å². The summed E-state index contributed by atoms with van der Waals surface area (Å²) in [4.78, 5) is 29.3. The molecule has 0 radical (unpaired) electrons. The van der Waals surface area contributed by atoms with Crippen molar-refractivity contribution in [3.8, 4) is 10.4 Å². The van der Waals surface area contributed by atoms with E-state index < -0.39 is 34.8 Å². The van der Waals surface area contributed by atoms with Crippen LogP contribution in [-0.4, -0.2) is 16.7 Å². The Kier molecular flexibility index (Phi) is 5.17. The molecule has 160 valence electrons. The SMILES string of the molecule is Cc1nc(C(=O)c2cc(F)cc(C(F)(F)F)c2)sc1-c1ccc(C(N)=O)c(C2CC2)c1. The van der Waals surface area contributed by atoms with Gasteiger partial charge in [-0.1, -0.05) is 6.07 Å². The van der Waals surface area contributed by atoms with Crippen LogP contribution in [-0.2, 0) is 6.18 Å². The Morgan fingerprint density at radius 2 is 1.84 bits per heavy atom. The van der Waals surface area contributed by atoms with Crippen molar-refractivity contribution in [2.45, 2.75) is 31.9 Å². The highest BCUT2D eigenvalue weighted by molar-refractivity contribution is 7.17. The third-order valence-electron chi connectivity index (χ3n) is 5.07. The number of aryl methyl sites for hydroxylation is 1. The maximum Gasteiger partial charge on any atom is 0.416 e.